The van der Waals surface area contributed by atoms with Crippen LogP contribution in [-0.2, 0) is 14.2 Å². The fourth-order valence-electron chi connectivity index (χ4n) is 3.77. The average molecular weight is 398 g/mol. The van der Waals surface area contributed by atoms with E-state index in [-0.39, 0.29) is 24.9 Å². The predicted molar refractivity (Wildman–Crippen MR) is 103 cm³/mol. The van der Waals surface area contributed by atoms with E-state index in [0.717, 1.165) is 24.3 Å². The molecular weight excluding hydrogens is 376 g/mol. The first kappa shape index (κ1) is 18.1. The number of carbonyl (C=O) groups excluding carboxylic acids is 1. The van der Waals surface area contributed by atoms with E-state index in [9.17, 15) is 4.79 Å². The van der Waals surface area contributed by atoms with Gasteiger partial charge < -0.3 is 24.3 Å². The van der Waals surface area contributed by atoms with Crippen LogP contribution in [0.25, 0.3) is 0 Å². The van der Waals surface area contributed by atoms with Gasteiger partial charge in [0.05, 0.1) is 19.3 Å². The molecule has 3 aliphatic rings. The molecule has 2 saturated heterocycles. The van der Waals surface area contributed by atoms with E-state index in [1.807, 2.05) is 31.2 Å². The Kier molecular flexibility index (Phi) is 4.69. The molecule has 9 nitrogen and oxygen atoms in total. The van der Waals surface area contributed by atoms with Crippen molar-refractivity contribution in [3.63, 3.8) is 0 Å². The first-order valence-electron chi connectivity index (χ1n) is 9.73. The highest BCUT2D eigenvalue weighted by Gasteiger charge is 2.41. The topological polar surface area (TPSA) is 95.0 Å². The Morgan fingerprint density at radius 1 is 1.28 bits per heavy atom. The molecule has 1 aromatic heterocycles. The number of anilines is 2. The number of amides is 1. The Hall–Kier alpha value is -2.91. The molecule has 5 rings (SSSR count). The van der Waals surface area contributed by atoms with Crippen molar-refractivity contribution in [3.05, 3.63) is 42.1 Å². The molecule has 0 unspecified atom stereocenters. The van der Waals surface area contributed by atoms with Crippen molar-refractivity contribution in [2.45, 2.75) is 37.8 Å². The Morgan fingerprint density at radius 3 is 3.07 bits per heavy atom. The third kappa shape index (κ3) is 3.58. The van der Waals surface area contributed by atoms with Crippen LogP contribution in [0, 0.1) is 0 Å². The lowest BCUT2D eigenvalue weighted by molar-refractivity contribution is -0.00335. The Bertz CT molecular complexity index is 904. The summed E-state index contributed by atoms with van der Waals surface area (Å²) in [6.45, 7) is 3.50. The van der Waals surface area contributed by atoms with Crippen LogP contribution in [0.1, 0.15) is 25.1 Å². The first-order chi connectivity index (χ1) is 14.2. The average Bonchev–Trinajstić information content (AvgIpc) is 3.37. The Balaban J connectivity index is 1.44. The van der Waals surface area contributed by atoms with Crippen LogP contribution in [0.4, 0.5) is 16.6 Å². The highest BCUT2D eigenvalue weighted by molar-refractivity contribution is 5.89. The van der Waals surface area contributed by atoms with Gasteiger partial charge in [-0.2, -0.15) is 4.98 Å². The molecule has 1 N–H and O–H groups in total. The third-order valence-electron chi connectivity index (χ3n) is 5.30. The second kappa shape index (κ2) is 7.49. The molecule has 29 heavy (non-hydrogen) atoms. The zero-order chi connectivity index (χ0) is 19.8. The number of hydrogen-bond acceptors (Lipinski definition) is 8. The van der Waals surface area contributed by atoms with Crippen molar-refractivity contribution < 1.29 is 23.7 Å². The van der Waals surface area contributed by atoms with Crippen LogP contribution in [0.15, 0.2) is 36.5 Å². The van der Waals surface area contributed by atoms with E-state index in [4.69, 9.17) is 18.9 Å². The highest BCUT2D eigenvalue weighted by Crippen LogP contribution is 2.32. The highest BCUT2D eigenvalue weighted by atomic mass is 16.6. The fraction of sp³-hybridized carbons (Fsp3) is 0.450. The van der Waals surface area contributed by atoms with Crippen LogP contribution < -0.4 is 15.0 Å². The van der Waals surface area contributed by atoms with Crippen LogP contribution >= 0.6 is 0 Å². The first-order valence-corrected chi connectivity index (χ1v) is 9.73. The van der Waals surface area contributed by atoms with Gasteiger partial charge >= 0.3 is 6.09 Å². The van der Waals surface area contributed by atoms with E-state index in [0.29, 0.717) is 18.4 Å². The van der Waals surface area contributed by atoms with Gasteiger partial charge in [-0.25, -0.2) is 9.78 Å². The predicted octanol–water partition coefficient (Wildman–Crippen LogP) is 2.50. The molecule has 0 aliphatic carbocycles. The van der Waals surface area contributed by atoms with Crippen molar-refractivity contribution >= 4 is 17.9 Å². The van der Waals surface area contributed by atoms with Crippen molar-refractivity contribution in [3.8, 4) is 5.75 Å². The summed E-state index contributed by atoms with van der Waals surface area (Å²) < 4.78 is 23.0. The number of carbonyl (C=O) groups is 1. The molecule has 2 fully saturated rings. The maximum atomic E-state index is 12.2. The molecule has 4 heterocycles. The van der Waals surface area contributed by atoms with Crippen LogP contribution in [0.5, 0.6) is 5.75 Å². The summed E-state index contributed by atoms with van der Waals surface area (Å²) in [6.07, 6.45) is 1.31. The second-order valence-electron chi connectivity index (χ2n) is 7.29. The molecule has 1 amide bonds. The Morgan fingerprint density at radius 2 is 2.21 bits per heavy atom. The van der Waals surface area contributed by atoms with Crippen molar-refractivity contribution in [1.29, 1.82) is 0 Å². The van der Waals surface area contributed by atoms with Gasteiger partial charge in [-0.05, 0) is 25.1 Å². The summed E-state index contributed by atoms with van der Waals surface area (Å²) in [5, 5.41) is 3.23. The molecule has 9 heteroatoms. The number of fused-ring (bicyclic) bond motifs is 4. The van der Waals surface area contributed by atoms with Crippen molar-refractivity contribution in [1.82, 2.24) is 9.97 Å². The van der Waals surface area contributed by atoms with Crippen LogP contribution in [-0.4, -0.2) is 54.1 Å². The molecular formula is C20H22N4O5. The smallest absolute Gasteiger partial charge is 0.416 e. The van der Waals surface area contributed by atoms with Crippen molar-refractivity contribution in [2.24, 2.45) is 0 Å². The minimum atomic E-state index is -0.515. The normalized spacial score (nSPS) is 28.6. The maximum Gasteiger partial charge on any atom is 0.416 e. The number of nitrogens with zero attached hydrogens (tertiary/aromatic N) is 3. The number of aromatic nitrogens is 2. The van der Waals surface area contributed by atoms with E-state index in [1.54, 1.807) is 12.3 Å². The number of cyclic esters (lactones) is 1. The number of benzene rings is 1. The minimum Gasteiger partial charge on any atom is -0.488 e. The van der Waals surface area contributed by atoms with Gasteiger partial charge in [-0.3, -0.25) is 4.90 Å². The Labute approximate surface area is 167 Å². The van der Waals surface area contributed by atoms with Gasteiger partial charge in [0.15, 0.2) is 6.23 Å². The third-order valence-corrected chi connectivity index (χ3v) is 5.30. The molecule has 3 aliphatic heterocycles. The van der Waals surface area contributed by atoms with E-state index in [2.05, 4.69) is 15.3 Å². The van der Waals surface area contributed by atoms with Gasteiger partial charge in [0.2, 0.25) is 5.95 Å². The van der Waals surface area contributed by atoms with Gasteiger partial charge in [-0.15, -0.1) is 0 Å². The zero-order valence-electron chi connectivity index (χ0n) is 16.0. The molecule has 0 spiro atoms. The maximum absolute atomic E-state index is 12.2. The van der Waals surface area contributed by atoms with Crippen LogP contribution in [0.3, 0.4) is 0 Å². The SMILES string of the molecule is C[C@H]1O[C@@H](c2cccc(O[C@H]3CCOC3)c2)Nc2nccc(n2)N2C(=O)OC[C@H]12. The van der Waals surface area contributed by atoms with E-state index in [1.165, 1.54) is 4.90 Å². The lowest BCUT2D eigenvalue weighted by atomic mass is 10.1. The lowest BCUT2D eigenvalue weighted by Crippen LogP contribution is -2.43. The van der Waals surface area contributed by atoms with Gasteiger partial charge in [0, 0.05) is 18.2 Å². The zero-order valence-corrected chi connectivity index (χ0v) is 16.0. The number of rotatable bonds is 3. The largest absolute Gasteiger partial charge is 0.488 e. The number of nitrogens with one attached hydrogen (secondary N) is 1. The molecule has 0 saturated carbocycles. The van der Waals surface area contributed by atoms with Gasteiger partial charge in [0.25, 0.3) is 0 Å². The molecule has 1 aromatic carbocycles. The molecule has 0 radical (unpaired) electrons. The standard InChI is InChI=1S/C20H22N4O5/c1-12-16-11-27-20(25)24(16)17-5-7-21-19(22-17)23-18(28-12)13-3-2-4-14(9-13)29-15-6-8-26-10-15/h2-5,7,9,12,15-16,18H,6,8,10-11H2,1H3,(H,21,22,23)/t12-,15+,16-,18+/m1/s1. The monoisotopic (exact) mass is 398 g/mol. The molecule has 4 atom stereocenters. The summed E-state index contributed by atoms with van der Waals surface area (Å²) in [4.78, 5) is 22.5. The summed E-state index contributed by atoms with van der Waals surface area (Å²) >= 11 is 0. The second-order valence-corrected chi connectivity index (χ2v) is 7.29. The summed E-state index contributed by atoms with van der Waals surface area (Å²) in [5.74, 6) is 1.62. The molecule has 152 valence electrons. The van der Waals surface area contributed by atoms with Crippen molar-refractivity contribution in [2.75, 3.05) is 30.0 Å². The molecule has 2 aromatic rings. The van der Waals surface area contributed by atoms with Gasteiger partial charge in [0.1, 0.15) is 30.3 Å². The quantitative estimate of drug-likeness (QED) is 0.843. The summed E-state index contributed by atoms with van der Waals surface area (Å²) in [6, 6.07) is 9.16. The van der Waals surface area contributed by atoms with E-state index < -0.39 is 12.3 Å². The molecule has 2 bridgehead atoms. The summed E-state index contributed by atoms with van der Waals surface area (Å²) in [5.41, 5.74) is 0.876. The van der Waals surface area contributed by atoms with Crippen LogP contribution in [0.2, 0.25) is 0 Å². The fourth-order valence-corrected chi connectivity index (χ4v) is 3.77. The number of hydrogen-bond donors (Lipinski definition) is 1. The number of ether oxygens (including phenoxy) is 4. The summed E-state index contributed by atoms with van der Waals surface area (Å²) in [7, 11) is 0. The lowest BCUT2D eigenvalue weighted by Gasteiger charge is -2.28. The minimum absolute atomic E-state index is 0.0637. The van der Waals surface area contributed by atoms with Gasteiger partial charge in [-0.1, -0.05) is 12.1 Å². The van der Waals surface area contributed by atoms with E-state index >= 15 is 0 Å².